The van der Waals surface area contributed by atoms with E-state index < -0.39 is 11.6 Å². The first kappa shape index (κ1) is 24.1. The van der Waals surface area contributed by atoms with Gasteiger partial charge in [0.25, 0.3) is 0 Å². The Morgan fingerprint density at radius 3 is 2.34 bits per heavy atom. The number of oxazole rings is 1. The van der Waals surface area contributed by atoms with Crippen LogP contribution in [0.25, 0.3) is 11.5 Å². The summed E-state index contributed by atoms with van der Waals surface area (Å²) in [4.78, 5) is 16.6. The summed E-state index contributed by atoms with van der Waals surface area (Å²) in [5.41, 5.74) is 2.15. The minimum absolute atomic E-state index is 0.220. The highest BCUT2D eigenvalue weighted by atomic mass is 16.5. The largest absolute Gasteiger partial charge is 0.493 e. The second-order valence-electron chi connectivity index (χ2n) is 8.71. The van der Waals surface area contributed by atoms with Gasteiger partial charge in [-0.15, -0.1) is 0 Å². The number of ether oxygens (including phenoxy) is 2. The van der Waals surface area contributed by atoms with Gasteiger partial charge in [-0.2, -0.15) is 0 Å². The number of benzene rings is 3. The molecule has 4 rings (SSSR count). The van der Waals surface area contributed by atoms with Crippen molar-refractivity contribution < 1.29 is 23.8 Å². The zero-order chi connectivity index (χ0) is 24.8. The van der Waals surface area contributed by atoms with Crippen LogP contribution in [0.2, 0.25) is 0 Å². The fourth-order valence-electron chi connectivity index (χ4n) is 3.79. The highest BCUT2D eigenvalue weighted by Gasteiger charge is 2.36. The lowest BCUT2D eigenvalue weighted by Gasteiger charge is -2.27. The summed E-state index contributed by atoms with van der Waals surface area (Å²) < 4.78 is 17.6. The van der Waals surface area contributed by atoms with Crippen molar-refractivity contribution in [3.8, 4) is 23.0 Å². The molecule has 1 heterocycles. The van der Waals surface area contributed by atoms with Crippen LogP contribution in [0.4, 0.5) is 0 Å². The number of carbonyl (C=O) groups is 1. The molecule has 180 valence electrons. The van der Waals surface area contributed by atoms with Gasteiger partial charge in [-0.3, -0.25) is 0 Å². The molecule has 0 aliphatic rings. The van der Waals surface area contributed by atoms with E-state index in [2.05, 4.69) is 4.98 Å². The second kappa shape index (κ2) is 10.5. The molecule has 0 saturated carbocycles. The van der Waals surface area contributed by atoms with Crippen molar-refractivity contribution in [2.75, 3.05) is 6.61 Å². The molecule has 0 radical (unpaired) electrons. The Labute approximate surface area is 205 Å². The van der Waals surface area contributed by atoms with E-state index in [0.29, 0.717) is 30.4 Å². The minimum Gasteiger partial charge on any atom is -0.493 e. The van der Waals surface area contributed by atoms with Crippen molar-refractivity contribution in [1.29, 1.82) is 0 Å². The molecule has 1 atom stereocenters. The van der Waals surface area contributed by atoms with E-state index in [1.165, 1.54) is 0 Å². The van der Waals surface area contributed by atoms with Crippen LogP contribution in [0.1, 0.15) is 29.5 Å². The number of nitrogens with zero attached hydrogens (tertiary/aromatic N) is 1. The summed E-state index contributed by atoms with van der Waals surface area (Å²) in [7, 11) is 0. The molecular weight excluding hydrogens is 442 g/mol. The predicted octanol–water partition coefficient (Wildman–Crippen LogP) is 6.04. The van der Waals surface area contributed by atoms with Crippen molar-refractivity contribution in [2.45, 2.75) is 39.2 Å². The van der Waals surface area contributed by atoms with Crippen molar-refractivity contribution in [3.63, 3.8) is 0 Å². The molecule has 0 fully saturated rings. The van der Waals surface area contributed by atoms with E-state index >= 15 is 0 Å². The number of aryl methyl sites for hydroxylation is 2. The zero-order valence-electron chi connectivity index (χ0n) is 20.2. The lowest BCUT2D eigenvalue weighted by molar-refractivity contribution is -0.153. The van der Waals surface area contributed by atoms with E-state index in [1.54, 1.807) is 13.0 Å². The fraction of sp³-hybridized carbons (Fsp3) is 0.241. The first-order chi connectivity index (χ1) is 16.8. The minimum atomic E-state index is -1.39. The van der Waals surface area contributed by atoms with E-state index in [4.69, 9.17) is 13.9 Å². The maximum absolute atomic E-state index is 12.0. The average Bonchev–Trinajstić information content (AvgIpc) is 3.22. The van der Waals surface area contributed by atoms with Gasteiger partial charge in [0, 0.05) is 18.4 Å². The van der Waals surface area contributed by atoms with Gasteiger partial charge in [0.1, 0.15) is 17.3 Å². The molecule has 6 nitrogen and oxygen atoms in total. The third kappa shape index (κ3) is 5.90. The number of rotatable bonds is 10. The van der Waals surface area contributed by atoms with Gasteiger partial charge in [0.2, 0.25) is 11.5 Å². The van der Waals surface area contributed by atoms with Crippen LogP contribution in [0.3, 0.4) is 0 Å². The zero-order valence-corrected chi connectivity index (χ0v) is 20.2. The highest BCUT2D eigenvalue weighted by Crippen LogP contribution is 2.27. The van der Waals surface area contributed by atoms with Crippen LogP contribution in [0.15, 0.2) is 83.3 Å². The van der Waals surface area contributed by atoms with Crippen LogP contribution >= 0.6 is 0 Å². The standard InChI is InChI=1S/C29H29NO5/c1-20-9-7-8-12-26(20)35-29(3,28(31)32)19-22-13-15-24(16-14-22)33-18-17-25-21(2)34-27(30-25)23-10-5-4-6-11-23/h4-16H,17-19H2,1-3H3,(H,31,32). The summed E-state index contributed by atoms with van der Waals surface area (Å²) in [5, 5.41) is 9.86. The molecule has 1 aromatic heterocycles. The average molecular weight is 472 g/mol. The molecule has 3 aromatic carbocycles. The summed E-state index contributed by atoms with van der Waals surface area (Å²) in [6.45, 7) is 5.84. The van der Waals surface area contributed by atoms with Gasteiger partial charge in [0.15, 0.2) is 0 Å². The monoisotopic (exact) mass is 471 g/mol. The third-order valence-corrected chi connectivity index (χ3v) is 5.87. The predicted molar refractivity (Wildman–Crippen MR) is 134 cm³/mol. The second-order valence-corrected chi connectivity index (χ2v) is 8.71. The maximum Gasteiger partial charge on any atom is 0.348 e. The molecule has 1 N–H and O–H groups in total. The lowest BCUT2D eigenvalue weighted by atomic mass is 9.96. The molecule has 6 heteroatoms. The molecule has 0 aliphatic carbocycles. The van der Waals surface area contributed by atoms with Crippen molar-refractivity contribution in [1.82, 2.24) is 4.98 Å². The number of para-hydroxylation sites is 1. The van der Waals surface area contributed by atoms with Crippen molar-refractivity contribution in [3.05, 3.63) is 101 Å². The third-order valence-electron chi connectivity index (χ3n) is 5.87. The van der Waals surface area contributed by atoms with Gasteiger partial charge in [0.05, 0.1) is 12.3 Å². The van der Waals surface area contributed by atoms with Gasteiger partial charge in [-0.05, 0) is 62.2 Å². The number of carboxylic acids is 1. The summed E-state index contributed by atoms with van der Waals surface area (Å²) in [5.74, 6) is 1.64. The Kier molecular flexibility index (Phi) is 7.20. The molecule has 4 aromatic rings. The van der Waals surface area contributed by atoms with E-state index in [-0.39, 0.29) is 6.42 Å². The van der Waals surface area contributed by atoms with Gasteiger partial charge in [-0.25, -0.2) is 9.78 Å². The van der Waals surface area contributed by atoms with Crippen LogP contribution in [-0.2, 0) is 17.6 Å². The van der Waals surface area contributed by atoms with Gasteiger partial charge < -0.3 is 19.0 Å². The van der Waals surface area contributed by atoms with E-state index in [0.717, 1.165) is 28.1 Å². The highest BCUT2D eigenvalue weighted by molar-refractivity contribution is 5.78. The number of hydrogen-bond acceptors (Lipinski definition) is 5. The number of carboxylic acid groups (broad SMARTS) is 1. The molecule has 1 unspecified atom stereocenters. The Morgan fingerprint density at radius 1 is 0.971 bits per heavy atom. The van der Waals surface area contributed by atoms with Gasteiger partial charge >= 0.3 is 5.97 Å². The van der Waals surface area contributed by atoms with Crippen LogP contribution in [0.5, 0.6) is 11.5 Å². The molecule has 0 spiro atoms. The maximum atomic E-state index is 12.0. The normalized spacial score (nSPS) is 12.7. The van der Waals surface area contributed by atoms with Crippen molar-refractivity contribution >= 4 is 5.97 Å². The smallest absolute Gasteiger partial charge is 0.348 e. The Bertz CT molecular complexity index is 1280. The molecule has 0 saturated heterocycles. The van der Waals surface area contributed by atoms with Crippen LogP contribution in [-0.4, -0.2) is 28.3 Å². The van der Waals surface area contributed by atoms with Crippen LogP contribution < -0.4 is 9.47 Å². The molecular formula is C29H29NO5. The van der Waals surface area contributed by atoms with Gasteiger partial charge in [-0.1, -0.05) is 48.5 Å². The Hall–Kier alpha value is -4.06. The van der Waals surface area contributed by atoms with E-state index in [1.807, 2.05) is 86.6 Å². The molecule has 0 amide bonds. The van der Waals surface area contributed by atoms with Crippen LogP contribution in [0, 0.1) is 13.8 Å². The quantitative estimate of drug-likeness (QED) is 0.303. The van der Waals surface area contributed by atoms with E-state index in [9.17, 15) is 9.90 Å². The summed E-state index contributed by atoms with van der Waals surface area (Å²) >= 11 is 0. The topological polar surface area (TPSA) is 81.8 Å². The SMILES string of the molecule is Cc1ccccc1OC(C)(Cc1ccc(OCCc2nc(-c3ccccc3)oc2C)cc1)C(=O)O. The molecule has 35 heavy (non-hydrogen) atoms. The first-order valence-electron chi connectivity index (χ1n) is 11.6. The van der Waals surface area contributed by atoms with Crippen molar-refractivity contribution in [2.24, 2.45) is 0 Å². The number of aromatic nitrogens is 1. The Balaban J connectivity index is 1.35. The number of aliphatic carboxylic acids is 1. The molecule has 0 bridgehead atoms. The number of hydrogen-bond donors (Lipinski definition) is 1. The summed E-state index contributed by atoms with van der Waals surface area (Å²) in [6, 6.07) is 24.6. The lowest BCUT2D eigenvalue weighted by Crippen LogP contribution is -2.43. The molecule has 0 aliphatic heterocycles. The Morgan fingerprint density at radius 2 is 1.66 bits per heavy atom. The fourth-order valence-corrected chi connectivity index (χ4v) is 3.79. The first-order valence-corrected chi connectivity index (χ1v) is 11.6. The summed E-state index contributed by atoms with van der Waals surface area (Å²) in [6.07, 6.45) is 0.836.